The van der Waals surface area contributed by atoms with Crippen LogP contribution in [-0.4, -0.2) is 42.2 Å². The minimum Gasteiger partial charge on any atom is -0.490 e. The first-order chi connectivity index (χ1) is 16.5. The van der Waals surface area contributed by atoms with Crippen LogP contribution in [0.15, 0.2) is 41.5 Å². The monoisotopic (exact) mass is 524 g/mol. The zero-order valence-electron chi connectivity index (χ0n) is 19.6. The summed E-state index contributed by atoms with van der Waals surface area (Å²) in [5.41, 5.74) is 2.51. The summed E-state index contributed by atoms with van der Waals surface area (Å²) in [6, 6.07) is 7.98. The van der Waals surface area contributed by atoms with Crippen LogP contribution in [0.4, 0.5) is 5.69 Å². The van der Waals surface area contributed by atoms with Gasteiger partial charge < -0.3 is 14.8 Å². The molecule has 12 heteroatoms. The average molecular weight is 525 g/mol. The maximum absolute atomic E-state index is 12.7. The number of benzene rings is 2. The molecule has 0 saturated heterocycles. The summed E-state index contributed by atoms with van der Waals surface area (Å²) in [5, 5.41) is 18.4. The lowest BCUT2D eigenvalue weighted by atomic mass is 10.0. The van der Waals surface area contributed by atoms with Crippen molar-refractivity contribution in [1.29, 1.82) is 0 Å². The Bertz CT molecular complexity index is 1110. The van der Waals surface area contributed by atoms with E-state index in [2.05, 4.69) is 15.8 Å². The number of hydrogen-bond acceptors (Lipinski definition) is 7. The molecule has 188 valence electrons. The van der Waals surface area contributed by atoms with Gasteiger partial charge in [-0.3, -0.25) is 19.7 Å². The molecule has 0 radical (unpaired) electrons. The van der Waals surface area contributed by atoms with Gasteiger partial charge in [-0.1, -0.05) is 37.0 Å². The summed E-state index contributed by atoms with van der Waals surface area (Å²) in [5.74, 6) is -0.607. The molecule has 2 aromatic rings. The van der Waals surface area contributed by atoms with Crippen molar-refractivity contribution in [3.05, 3.63) is 62.1 Å². The van der Waals surface area contributed by atoms with Crippen molar-refractivity contribution >= 4 is 46.9 Å². The van der Waals surface area contributed by atoms with Gasteiger partial charge in [0.25, 0.3) is 11.8 Å². The van der Waals surface area contributed by atoms with Crippen molar-refractivity contribution in [2.75, 3.05) is 7.11 Å². The molecule has 0 saturated carbocycles. The van der Waals surface area contributed by atoms with E-state index < -0.39 is 28.9 Å². The molecule has 10 nitrogen and oxygen atoms in total. The summed E-state index contributed by atoms with van der Waals surface area (Å²) in [4.78, 5) is 36.0. The molecule has 2 rings (SSSR count). The number of hydrogen-bond donors (Lipinski definition) is 2. The summed E-state index contributed by atoms with van der Waals surface area (Å²) in [7, 11) is 1.33. The summed E-state index contributed by atoms with van der Waals surface area (Å²) in [6.07, 6.45) is 0.655. The minimum absolute atomic E-state index is 0.0844. The third-order valence-corrected chi connectivity index (χ3v) is 5.23. The molecule has 2 atom stereocenters. The fourth-order valence-corrected chi connectivity index (χ4v) is 3.44. The number of rotatable bonds is 11. The van der Waals surface area contributed by atoms with Crippen LogP contribution in [0.3, 0.4) is 0 Å². The number of ether oxygens (including phenoxy) is 2. The quantitative estimate of drug-likeness (QED) is 0.255. The zero-order chi connectivity index (χ0) is 26.1. The first-order valence-corrected chi connectivity index (χ1v) is 11.3. The molecule has 2 aromatic carbocycles. The molecule has 0 unspecified atom stereocenters. The van der Waals surface area contributed by atoms with Crippen LogP contribution in [0.2, 0.25) is 10.0 Å². The third kappa shape index (κ3) is 8.41. The van der Waals surface area contributed by atoms with Crippen LogP contribution in [0.1, 0.15) is 32.8 Å². The average Bonchev–Trinajstić information content (AvgIpc) is 2.79. The molecule has 0 aliphatic heterocycles. The Hall–Kier alpha value is -3.37. The highest BCUT2D eigenvalue weighted by Gasteiger charge is 2.25. The largest absolute Gasteiger partial charge is 0.490 e. The number of carbonyl (C=O) groups excluding carboxylic acids is 2. The number of methoxy groups -OCH3 is 1. The van der Waals surface area contributed by atoms with E-state index >= 15 is 0 Å². The van der Waals surface area contributed by atoms with Gasteiger partial charge in [0.15, 0.2) is 11.9 Å². The molecule has 2 amide bonds. The summed E-state index contributed by atoms with van der Waals surface area (Å²) < 4.78 is 10.6. The van der Waals surface area contributed by atoms with E-state index in [9.17, 15) is 19.7 Å². The minimum atomic E-state index is -0.945. The highest BCUT2D eigenvalue weighted by molar-refractivity contribution is 6.35. The van der Waals surface area contributed by atoms with Gasteiger partial charge in [0.1, 0.15) is 11.8 Å². The van der Waals surface area contributed by atoms with E-state index in [-0.39, 0.29) is 28.1 Å². The van der Waals surface area contributed by atoms with Crippen molar-refractivity contribution in [1.82, 2.24) is 10.7 Å². The summed E-state index contributed by atoms with van der Waals surface area (Å²) in [6.45, 7) is 5.33. The molecular weight excluding hydrogens is 499 g/mol. The molecule has 0 spiro atoms. The Balaban J connectivity index is 2.05. The predicted octanol–water partition coefficient (Wildman–Crippen LogP) is 4.36. The van der Waals surface area contributed by atoms with Crippen LogP contribution in [0.5, 0.6) is 11.5 Å². The maximum Gasteiger partial charge on any atom is 0.311 e. The van der Waals surface area contributed by atoms with Crippen LogP contribution in [0.25, 0.3) is 0 Å². The number of nitrogens with zero attached hydrogens (tertiary/aromatic N) is 2. The number of nitrogens with one attached hydrogen (secondary N) is 2. The Labute approximate surface area is 212 Å². The van der Waals surface area contributed by atoms with Gasteiger partial charge in [-0.25, -0.2) is 5.43 Å². The van der Waals surface area contributed by atoms with Crippen molar-refractivity contribution in [3.8, 4) is 11.5 Å². The van der Waals surface area contributed by atoms with Crippen molar-refractivity contribution < 1.29 is 24.0 Å². The number of halogens is 2. The van der Waals surface area contributed by atoms with Gasteiger partial charge in [0, 0.05) is 16.7 Å². The second kappa shape index (κ2) is 12.9. The molecule has 0 aromatic heterocycles. The second-order valence-electron chi connectivity index (χ2n) is 7.95. The van der Waals surface area contributed by atoms with Gasteiger partial charge in [-0.05, 0) is 49.6 Å². The number of nitro groups is 1. The van der Waals surface area contributed by atoms with E-state index in [1.165, 1.54) is 38.4 Å². The maximum atomic E-state index is 12.7. The Morgan fingerprint density at radius 3 is 2.40 bits per heavy atom. The Morgan fingerprint density at radius 2 is 1.80 bits per heavy atom. The fourth-order valence-electron chi connectivity index (χ4n) is 2.99. The van der Waals surface area contributed by atoms with E-state index in [0.29, 0.717) is 17.0 Å². The molecule has 0 heterocycles. The van der Waals surface area contributed by atoms with Crippen molar-refractivity contribution in [3.63, 3.8) is 0 Å². The van der Waals surface area contributed by atoms with Crippen LogP contribution in [-0.2, 0) is 9.59 Å². The lowest BCUT2D eigenvalue weighted by molar-refractivity contribution is -0.385. The highest BCUT2D eigenvalue weighted by atomic mass is 35.5. The second-order valence-corrected chi connectivity index (χ2v) is 8.79. The van der Waals surface area contributed by atoms with Gasteiger partial charge in [0.2, 0.25) is 0 Å². The van der Waals surface area contributed by atoms with E-state index in [0.717, 1.165) is 0 Å². The smallest absolute Gasteiger partial charge is 0.311 e. The molecule has 2 N–H and O–H groups in total. The van der Waals surface area contributed by atoms with E-state index in [1.54, 1.807) is 18.2 Å². The first kappa shape index (κ1) is 27.9. The summed E-state index contributed by atoms with van der Waals surface area (Å²) >= 11 is 12.0. The standard InChI is InChI=1S/C23H26Cl2N4O6/c1-13(2)9-18(27-22(30)14(3)35-20-8-6-16(24)11-17(20)25)23(31)28-26-12-15-5-7-21(34-4)19(10-15)29(32)33/h5-8,10-14,18H,9H2,1-4H3,(H,27,30)(H,28,31)/b26-12-/t14-,18+/m1/s1. The predicted molar refractivity (Wildman–Crippen MR) is 133 cm³/mol. The number of amides is 2. The van der Waals surface area contributed by atoms with Crippen LogP contribution < -0.4 is 20.2 Å². The number of hydrazone groups is 1. The molecule has 0 bridgehead atoms. The van der Waals surface area contributed by atoms with Crippen LogP contribution in [0, 0.1) is 16.0 Å². The molecule has 0 fully saturated rings. The molecule has 0 aliphatic rings. The number of nitro benzene ring substituents is 1. The highest BCUT2D eigenvalue weighted by Crippen LogP contribution is 2.28. The van der Waals surface area contributed by atoms with E-state index in [4.69, 9.17) is 32.7 Å². The third-order valence-electron chi connectivity index (χ3n) is 4.69. The zero-order valence-corrected chi connectivity index (χ0v) is 21.1. The fraction of sp³-hybridized carbons (Fsp3) is 0.348. The Morgan fingerprint density at radius 1 is 1.11 bits per heavy atom. The van der Waals surface area contributed by atoms with Gasteiger partial charge in [0.05, 0.1) is 23.3 Å². The SMILES string of the molecule is COc1ccc(/C=N\NC(=O)[C@H](CC(C)C)NC(=O)[C@@H](C)Oc2ccc(Cl)cc2Cl)cc1[N+](=O)[O-]. The first-order valence-electron chi connectivity index (χ1n) is 10.6. The topological polar surface area (TPSA) is 132 Å². The molecule has 35 heavy (non-hydrogen) atoms. The molecular formula is C23H26Cl2N4O6. The van der Waals surface area contributed by atoms with Crippen molar-refractivity contribution in [2.24, 2.45) is 11.0 Å². The van der Waals surface area contributed by atoms with Crippen molar-refractivity contribution in [2.45, 2.75) is 39.3 Å². The molecule has 0 aliphatic carbocycles. The lowest BCUT2D eigenvalue weighted by Crippen LogP contribution is -2.49. The number of carbonyl (C=O) groups is 2. The van der Waals surface area contributed by atoms with Gasteiger partial charge >= 0.3 is 5.69 Å². The lowest BCUT2D eigenvalue weighted by Gasteiger charge is -2.22. The van der Waals surface area contributed by atoms with Gasteiger partial charge in [-0.2, -0.15) is 5.10 Å². The normalized spacial score (nSPS) is 12.8. The van der Waals surface area contributed by atoms with E-state index in [1.807, 2.05) is 13.8 Å². The Kier molecular flexibility index (Phi) is 10.3. The van der Waals surface area contributed by atoms with Gasteiger partial charge in [-0.15, -0.1) is 0 Å². The van der Waals surface area contributed by atoms with Crippen LogP contribution >= 0.6 is 23.2 Å².